The zero-order chi connectivity index (χ0) is 25.5. The number of hydrogen-bond acceptors (Lipinski definition) is 7. The van der Waals surface area contributed by atoms with Gasteiger partial charge in [0.15, 0.2) is 11.5 Å². The van der Waals surface area contributed by atoms with Crippen molar-refractivity contribution in [1.82, 2.24) is 35.1 Å². The summed E-state index contributed by atoms with van der Waals surface area (Å²) in [5.41, 5.74) is 6.90. The Balaban J connectivity index is 1.38. The highest BCUT2D eigenvalue weighted by Gasteiger charge is 2.18. The number of fused-ring (bicyclic) bond motifs is 2. The van der Waals surface area contributed by atoms with Gasteiger partial charge in [-0.15, -0.1) is 11.3 Å². The van der Waals surface area contributed by atoms with E-state index < -0.39 is 0 Å². The molecule has 9 nitrogen and oxygen atoms in total. The predicted octanol–water partition coefficient (Wildman–Crippen LogP) is 5.98. The number of thiophene rings is 1. The van der Waals surface area contributed by atoms with E-state index >= 15 is 0 Å². The number of aryl methyl sites for hydroxylation is 1. The molecule has 37 heavy (non-hydrogen) atoms. The Kier molecular flexibility index (Phi) is 5.72. The molecule has 6 aromatic heterocycles. The molecule has 0 spiro atoms. The molecule has 1 amide bonds. The molecule has 10 heteroatoms. The number of aromatic nitrogens is 7. The molecule has 0 aromatic carbocycles. The molecule has 0 fully saturated rings. The summed E-state index contributed by atoms with van der Waals surface area (Å²) in [4.78, 5) is 36.4. The molecule has 0 unspecified atom stereocenters. The zero-order valence-electron chi connectivity index (χ0n) is 20.5. The molecule has 0 saturated carbocycles. The Morgan fingerprint density at radius 2 is 1.86 bits per heavy atom. The molecule has 6 heterocycles. The molecular formula is C27H24N8OS. The summed E-state index contributed by atoms with van der Waals surface area (Å²) in [6.45, 7) is 6.11. The molecule has 0 aliphatic rings. The molecule has 0 bridgehead atoms. The van der Waals surface area contributed by atoms with E-state index in [2.05, 4.69) is 49.5 Å². The standard InChI is InChI=1S/C27H24N8OS/c1-14(2)8-23(36)30-17-9-16(10-28-11-17)19-5-6-20-25(31-19)26(35-34-20)27-32-21-13-29-12-18(24(21)33-27)22-7-4-15(3)37-22/h4-7,9-14H,8H2,1-3H3,(H,30,36)(H,32,33)(H,34,35). The number of anilines is 1. The van der Waals surface area contributed by atoms with Gasteiger partial charge in [0, 0.05) is 39.7 Å². The van der Waals surface area contributed by atoms with Crippen LogP contribution in [0.4, 0.5) is 5.69 Å². The van der Waals surface area contributed by atoms with Gasteiger partial charge < -0.3 is 10.3 Å². The van der Waals surface area contributed by atoms with Crippen molar-refractivity contribution in [2.45, 2.75) is 27.2 Å². The first kappa shape index (κ1) is 23.0. The molecule has 6 aromatic rings. The maximum Gasteiger partial charge on any atom is 0.224 e. The van der Waals surface area contributed by atoms with Crippen LogP contribution in [0.25, 0.3) is 55.3 Å². The molecular weight excluding hydrogens is 484 g/mol. The maximum atomic E-state index is 12.2. The molecule has 6 rings (SSSR count). The summed E-state index contributed by atoms with van der Waals surface area (Å²) in [5, 5.41) is 10.5. The Hall–Kier alpha value is -4.44. The van der Waals surface area contributed by atoms with Crippen LogP contribution in [0.3, 0.4) is 0 Å². The Morgan fingerprint density at radius 3 is 2.68 bits per heavy atom. The lowest BCUT2D eigenvalue weighted by Crippen LogP contribution is -2.14. The Labute approximate surface area is 216 Å². The minimum absolute atomic E-state index is 0.0362. The summed E-state index contributed by atoms with van der Waals surface area (Å²) < 4.78 is 0. The van der Waals surface area contributed by atoms with Crippen LogP contribution >= 0.6 is 11.3 Å². The van der Waals surface area contributed by atoms with E-state index in [-0.39, 0.29) is 11.8 Å². The first-order valence-corrected chi connectivity index (χ1v) is 12.8. The van der Waals surface area contributed by atoms with Gasteiger partial charge in [-0.05, 0) is 43.2 Å². The molecule has 184 valence electrons. The van der Waals surface area contributed by atoms with E-state index in [9.17, 15) is 4.79 Å². The summed E-state index contributed by atoms with van der Waals surface area (Å²) in [7, 11) is 0. The van der Waals surface area contributed by atoms with E-state index in [1.54, 1.807) is 29.9 Å². The molecule has 0 aliphatic carbocycles. The average Bonchev–Trinajstić information content (AvgIpc) is 3.60. The number of imidazole rings is 1. The van der Waals surface area contributed by atoms with E-state index in [1.807, 2.05) is 38.2 Å². The number of nitrogens with zero attached hydrogens (tertiary/aromatic N) is 5. The SMILES string of the molecule is Cc1ccc(-c2cncc3[nH]c(-c4n[nH]c5ccc(-c6cncc(NC(=O)CC(C)C)c6)nc45)nc23)s1. The van der Waals surface area contributed by atoms with Crippen LogP contribution < -0.4 is 5.32 Å². The molecule has 0 atom stereocenters. The van der Waals surface area contributed by atoms with E-state index in [4.69, 9.17) is 9.97 Å². The van der Waals surface area contributed by atoms with Gasteiger partial charge in [0.2, 0.25) is 5.91 Å². The highest BCUT2D eigenvalue weighted by Crippen LogP contribution is 2.34. The van der Waals surface area contributed by atoms with Crippen molar-refractivity contribution in [3.63, 3.8) is 0 Å². The zero-order valence-corrected chi connectivity index (χ0v) is 21.3. The van der Waals surface area contributed by atoms with Crippen molar-refractivity contribution < 1.29 is 4.79 Å². The van der Waals surface area contributed by atoms with Crippen molar-refractivity contribution in [2.24, 2.45) is 5.92 Å². The summed E-state index contributed by atoms with van der Waals surface area (Å²) in [5.74, 6) is 0.853. The predicted molar refractivity (Wildman–Crippen MR) is 146 cm³/mol. The number of carbonyl (C=O) groups excluding carboxylic acids is 1. The quantitative estimate of drug-likeness (QED) is 0.254. The van der Waals surface area contributed by atoms with Crippen molar-refractivity contribution in [3.8, 4) is 33.2 Å². The third-order valence-electron chi connectivity index (χ3n) is 5.94. The second kappa shape index (κ2) is 9.21. The first-order valence-electron chi connectivity index (χ1n) is 12.0. The van der Waals surface area contributed by atoms with Crippen LogP contribution in [0, 0.1) is 12.8 Å². The van der Waals surface area contributed by atoms with Crippen LogP contribution in [-0.2, 0) is 4.79 Å². The minimum atomic E-state index is -0.0362. The smallest absolute Gasteiger partial charge is 0.224 e. The monoisotopic (exact) mass is 508 g/mol. The number of pyridine rings is 3. The van der Waals surface area contributed by atoms with Crippen molar-refractivity contribution in [1.29, 1.82) is 0 Å². The van der Waals surface area contributed by atoms with Crippen LogP contribution in [-0.4, -0.2) is 41.0 Å². The van der Waals surface area contributed by atoms with E-state index in [0.717, 1.165) is 38.2 Å². The van der Waals surface area contributed by atoms with Crippen LogP contribution in [0.5, 0.6) is 0 Å². The van der Waals surface area contributed by atoms with Gasteiger partial charge in [0.25, 0.3) is 0 Å². The van der Waals surface area contributed by atoms with Gasteiger partial charge in [0.1, 0.15) is 11.0 Å². The third kappa shape index (κ3) is 4.47. The highest BCUT2D eigenvalue weighted by atomic mass is 32.1. The second-order valence-electron chi connectivity index (χ2n) is 9.35. The van der Waals surface area contributed by atoms with Crippen LogP contribution in [0.1, 0.15) is 25.1 Å². The highest BCUT2D eigenvalue weighted by molar-refractivity contribution is 7.15. The van der Waals surface area contributed by atoms with Crippen molar-refractivity contribution >= 4 is 45.0 Å². The second-order valence-corrected chi connectivity index (χ2v) is 10.6. The number of H-pyrrole nitrogens is 2. The fourth-order valence-corrected chi connectivity index (χ4v) is 5.14. The normalized spacial score (nSPS) is 11.6. The van der Waals surface area contributed by atoms with Crippen molar-refractivity contribution in [2.75, 3.05) is 5.32 Å². The summed E-state index contributed by atoms with van der Waals surface area (Å²) in [6.07, 6.45) is 7.44. The largest absolute Gasteiger partial charge is 0.335 e. The number of carbonyl (C=O) groups is 1. The van der Waals surface area contributed by atoms with Gasteiger partial charge >= 0.3 is 0 Å². The number of amides is 1. The molecule has 0 radical (unpaired) electrons. The molecule has 3 N–H and O–H groups in total. The number of aromatic amines is 2. The number of rotatable bonds is 6. The number of nitrogens with one attached hydrogen (secondary N) is 3. The first-order chi connectivity index (χ1) is 17.9. The maximum absolute atomic E-state index is 12.2. The van der Waals surface area contributed by atoms with Gasteiger partial charge in [-0.25, -0.2) is 9.97 Å². The van der Waals surface area contributed by atoms with Gasteiger partial charge in [-0.2, -0.15) is 5.10 Å². The topological polar surface area (TPSA) is 125 Å². The Morgan fingerprint density at radius 1 is 1.00 bits per heavy atom. The fourth-order valence-electron chi connectivity index (χ4n) is 4.26. The van der Waals surface area contributed by atoms with E-state index in [1.165, 1.54) is 4.88 Å². The van der Waals surface area contributed by atoms with Crippen LogP contribution in [0.15, 0.2) is 55.1 Å². The molecule has 0 aliphatic heterocycles. The van der Waals surface area contributed by atoms with Crippen LogP contribution in [0.2, 0.25) is 0 Å². The minimum Gasteiger partial charge on any atom is -0.335 e. The molecule has 0 saturated heterocycles. The Bertz CT molecular complexity index is 1760. The van der Waals surface area contributed by atoms with Gasteiger partial charge in [0.05, 0.1) is 34.8 Å². The third-order valence-corrected chi connectivity index (χ3v) is 6.98. The lowest BCUT2D eigenvalue weighted by Gasteiger charge is -2.08. The summed E-state index contributed by atoms with van der Waals surface area (Å²) >= 11 is 1.71. The fraction of sp³-hybridized carbons (Fsp3) is 0.185. The lowest BCUT2D eigenvalue weighted by molar-refractivity contribution is -0.116. The van der Waals surface area contributed by atoms with Gasteiger partial charge in [-0.3, -0.25) is 19.9 Å². The van der Waals surface area contributed by atoms with Crippen molar-refractivity contribution in [3.05, 3.63) is 60.0 Å². The summed E-state index contributed by atoms with van der Waals surface area (Å²) in [6, 6.07) is 9.90. The number of hydrogen-bond donors (Lipinski definition) is 3. The average molecular weight is 509 g/mol. The van der Waals surface area contributed by atoms with E-state index in [0.29, 0.717) is 29.1 Å². The van der Waals surface area contributed by atoms with Gasteiger partial charge in [-0.1, -0.05) is 13.8 Å². The lowest BCUT2D eigenvalue weighted by atomic mass is 10.1.